The minimum atomic E-state index is -4.36. The van der Waals surface area contributed by atoms with Gasteiger partial charge in [-0.25, -0.2) is 13.1 Å². The highest BCUT2D eigenvalue weighted by molar-refractivity contribution is 7.88. The van der Waals surface area contributed by atoms with E-state index < -0.39 is 28.8 Å². The quantitative estimate of drug-likeness (QED) is 0.846. The third-order valence-electron chi connectivity index (χ3n) is 2.80. The van der Waals surface area contributed by atoms with E-state index in [2.05, 4.69) is 4.98 Å². The molecule has 0 radical (unpaired) electrons. The van der Waals surface area contributed by atoms with E-state index in [0.717, 1.165) is 0 Å². The van der Waals surface area contributed by atoms with Crippen LogP contribution in [0.1, 0.15) is 20.7 Å². The van der Waals surface area contributed by atoms with E-state index in [9.17, 15) is 8.42 Å². The summed E-state index contributed by atoms with van der Waals surface area (Å²) in [5, 5.41) is 0.224. The molecule has 0 saturated carbocycles. The number of nitrogens with one attached hydrogen (secondary N) is 2. The molecule has 5 nitrogen and oxygen atoms in total. The number of rotatable bonds is 6. The van der Waals surface area contributed by atoms with Crippen LogP contribution in [0.5, 0.6) is 0 Å². The van der Waals surface area contributed by atoms with Crippen molar-refractivity contribution in [3.05, 3.63) is 35.4 Å². The number of H-pyrrole nitrogens is 1. The highest BCUT2D eigenvalue weighted by atomic mass is 32.2. The Bertz CT molecular complexity index is 968. The molecule has 1 heterocycles. The molecule has 0 spiro atoms. The summed E-state index contributed by atoms with van der Waals surface area (Å²) < 4.78 is 79.5. The Labute approximate surface area is 129 Å². The Balaban J connectivity index is 2.62. The second-order valence-corrected chi connectivity index (χ2v) is 6.47. The van der Waals surface area contributed by atoms with Gasteiger partial charge in [0.25, 0.3) is 0 Å². The number of fused-ring (bicyclic) bond motifs is 1. The highest BCUT2D eigenvalue weighted by Gasteiger charge is 2.11. The van der Waals surface area contributed by atoms with Gasteiger partial charge in [0.05, 0.1) is 11.2 Å². The van der Waals surface area contributed by atoms with E-state index in [1.807, 2.05) is 19.0 Å². The third-order valence-corrected chi connectivity index (χ3v) is 3.78. The van der Waals surface area contributed by atoms with Crippen molar-refractivity contribution in [1.82, 2.24) is 14.6 Å². The summed E-state index contributed by atoms with van der Waals surface area (Å²) in [7, 11) is -0.668. The van der Waals surface area contributed by atoms with Crippen LogP contribution in [0.25, 0.3) is 10.9 Å². The highest BCUT2D eigenvalue weighted by Crippen LogP contribution is 2.21. The molecule has 0 aliphatic carbocycles. The maximum absolute atomic E-state index is 12.1. The van der Waals surface area contributed by atoms with Gasteiger partial charge in [-0.15, -0.1) is 0 Å². The molecule has 0 aliphatic rings. The van der Waals surface area contributed by atoms with Crippen LogP contribution in [0.15, 0.2) is 24.3 Å². The van der Waals surface area contributed by atoms with Gasteiger partial charge < -0.3 is 9.88 Å². The number of aromatic nitrogens is 1. The molecule has 2 rings (SSSR count). The fourth-order valence-corrected chi connectivity index (χ4v) is 2.38. The van der Waals surface area contributed by atoms with Gasteiger partial charge >= 0.3 is 0 Å². The molecule has 0 aliphatic heterocycles. The molecule has 0 bridgehead atoms. The van der Waals surface area contributed by atoms with Crippen LogP contribution >= 0.6 is 0 Å². The van der Waals surface area contributed by atoms with Crippen molar-refractivity contribution in [2.45, 2.75) is 12.2 Å². The first kappa shape index (κ1) is 8.17. The van der Waals surface area contributed by atoms with Gasteiger partial charge in [0.1, 0.15) is 0 Å². The molecular formula is C14H21N3O2S. The number of sulfonamides is 1. The molecule has 6 heteroatoms. The maximum Gasteiger partial charge on any atom is 0.215 e. The largest absolute Gasteiger partial charge is 0.361 e. The zero-order valence-corrected chi connectivity index (χ0v) is 12.1. The first-order valence-electron chi connectivity index (χ1n) is 9.49. The number of likely N-dealkylation sites (N-methyl/N-ethyl adjacent to an activating group) is 1. The zero-order valence-electron chi connectivity index (χ0n) is 18.3. The number of nitrogens with zero attached hydrogens (tertiary/aromatic N) is 1. The smallest absolute Gasteiger partial charge is 0.215 e. The van der Waals surface area contributed by atoms with Crippen molar-refractivity contribution in [3.63, 3.8) is 0 Å². The molecule has 0 atom stereocenters. The van der Waals surface area contributed by atoms with Crippen LogP contribution in [-0.2, 0) is 22.2 Å². The maximum atomic E-state index is 12.1. The molecule has 2 aromatic rings. The Morgan fingerprint density at radius 3 is 2.95 bits per heavy atom. The van der Waals surface area contributed by atoms with Gasteiger partial charge in [-0.05, 0) is 50.7 Å². The lowest BCUT2D eigenvalue weighted by molar-refractivity contribution is 0.414. The van der Waals surface area contributed by atoms with Crippen LogP contribution < -0.4 is 4.72 Å². The molecule has 20 heavy (non-hydrogen) atoms. The Hall–Kier alpha value is -1.37. The average Bonchev–Trinajstić information content (AvgIpc) is 2.82. The first-order chi connectivity index (χ1) is 12.2. The Morgan fingerprint density at radius 1 is 1.45 bits per heavy atom. The summed E-state index contributed by atoms with van der Waals surface area (Å²) >= 11 is 0. The summed E-state index contributed by atoms with van der Waals surface area (Å²) in [6.45, 7) is -2.36. The monoisotopic (exact) mass is 302 g/mol. The van der Waals surface area contributed by atoms with Gasteiger partial charge in [0.15, 0.2) is 0 Å². The Morgan fingerprint density at radius 2 is 2.25 bits per heavy atom. The van der Waals surface area contributed by atoms with Crippen molar-refractivity contribution >= 4 is 20.9 Å². The lowest BCUT2D eigenvalue weighted by atomic mass is 10.1. The van der Waals surface area contributed by atoms with Crippen LogP contribution in [-0.4, -0.2) is 45.9 Å². The summed E-state index contributed by atoms with van der Waals surface area (Å²) in [6, 6.07) is -1.10. The van der Waals surface area contributed by atoms with Gasteiger partial charge in [-0.2, -0.15) is 0 Å². The molecule has 1 aromatic carbocycles. The Kier molecular flexibility index (Phi) is 2.43. The number of benzene rings is 1. The van der Waals surface area contributed by atoms with Crippen molar-refractivity contribution in [2.24, 2.45) is 0 Å². The summed E-state index contributed by atoms with van der Waals surface area (Å²) in [6.07, 6.45) is 0.405. The van der Waals surface area contributed by atoms with Crippen LogP contribution in [0.4, 0.5) is 0 Å². The first-order valence-corrected chi connectivity index (χ1v) is 7.65. The average molecular weight is 302 g/mol. The molecule has 0 amide bonds. The van der Waals surface area contributed by atoms with E-state index >= 15 is 0 Å². The second-order valence-electron chi connectivity index (χ2n) is 4.75. The van der Waals surface area contributed by atoms with Crippen molar-refractivity contribution in [3.8, 4) is 0 Å². The molecular weight excluding hydrogens is 274 g/mol. The summed E-state index contributed by atoms with van der Waals surface area (Å²) in [5.74, 6) is -0.906. The van der Waals surface area contributed by atoms with Crippen LogP contribution in [0, 0.1) is 0 Å². The predicted molar refractivity (Wildman–Crippen MR) is 82.2 cm³/mol. The van der Waals surface area contributed by atoms with E-state index in [1.165, 1.54) is 4.72 Å². The molecule has 0 fully saturated rings. The summed E-state index contributed by atoms with van der Waals surface area (Å²) in [5.41, 5.74) is 0.322. The van der Waals surface area contributed by atoms with Crippen molar-refractivity contribution in [1.29, 1.82) is 0 Å². The van der Waals surface area contributed by atoms with E-state index in [-0.39, 0.29) is 34.7 Å². The van der Waals surface area contributed by atoms with Crippen LogP contribution in [0.3, 0.4) is 0 Å². The molecule has 2 N–H and O–H groups in total. The van der Waals surface area contributed by atoms with Gasteiger partial charge in [0.2, 0.25) is 10.0 Å². The number of aromatic amines is 1. The molecule has 1 aromatic heterocycles. The van der Waals surface area contributed by atoms with Crippen molar-refractivity contribution in [2.75, 3.05) is 27.6 Å². The van der Waals surface area contributed by atoms with E-state index in [1.54, 1.807) is 0 Å². The lowest BCUT2D eigenvalue weighted by Crippen LogP contribution is -2.20. The fraction of sp³-hybridized carbons (Fsp3) is 0.429. The molecule has 110 valence electrons. The normalized spacial score (nSPS) is 18.1. The van der Waals surface area contributed by atoms with E-state index in [0.29, 0.717) is 18.5 Å². The van der Waals surface area contributed by atoms with Gasteiger partial charge in [-0.1, -0.05) is 6.04 Å². The van der Waals surface area contributed by atoms with E-state index in [4.69, 9.17) is 9.60 Å². The fourth-order valence-electron chi connectivity index (χ4n) is 1.79. The van der Waals surface area contributed by atoms with Gasteiger partial charge in [0, 0.05) is 27.7 Å². The predicted octanol–water partition coefficient (Wildman–Crippen LogP) is 1.32. The minimum Gasteiger partial charge on any atom is -0.361 e. The minimum absolute atomic E-state index is 0.00822. The van der Waals surface area contributed by atoms with Crippen molar-refractivity contribution < 1.29 is 18.0 Å². The topological polar surface area (TPSA) is 65.2 Å². The zero-order chi connectivity index (χ0) is 20.7. The number of hydrogen-bond donors (Lipinski definition) is 2. The molecule has 0 unspecified atom stereocenters. The standard InChI is InChI=1S/C14H21N3O2S/c1-15-20(18,19)10-11-4-5-14-13(8-11)12(9-16-14)6-7-17(2)3/h4-5,8-9,15-16H,6-7,10H2,1-3H3/i1D3,4D,5D,8D,9D. The molecule has 0 saturated heterocycles. The lowest BCUT2D eigenvalue weighted by Gasteiger charge is -2.08. The van der Waals surface area contributed by atoms with Crippen LogP contribution in [0.2, 0.25) is 0 Å². The summed E-state index contributed by atoms with van der Waals surface area (Å²) in [4.78, 5) is 4.58. The third kappa shape index (κ3) is 3.59. The van der Waals surface area contributed by atoms with Gasteiger partial charge in [-0.3, -0.25) is 0 Å². The second kappa shape index (κ2) is 5.95. The SMILES string of the molecule is [2H]c1[nH]c2c([2H])c([2H])c(CS(=O)(=O)NC([2H])([2H])[2H])c([2H])c2c1CCN(C)C. The number of hydrogen-bond acceptors (Lipinski definition) is 3.